The minimum Gasteiger partial charge on any atom is -0.505 e. The molecule has 1 aliphatic heterocycles. The highest BCUT2D eigenvalue weighted by atomic mass is 35.5. The summed E-state index contributed by atoms with van der Waals surface area (Å²) < 4.78 is 4.91. The Morgan fingerprint density at radius 2 is 1.82 bits per heavy atom. The minimum atomic E-state index is -0.811. The molecular weight excluding hydrogens is 407 g/mol. The maximum Gasteiger partial charge on any atom is 0.338 e. The van der Waals surface area contributed by atoms with E-state index in [1.165, 1.54) is 36.4 Å². The molecule has 146 valence electrons. The van der Waals surface area contributed by atoms with Crippen LogP contribution in [0.3, 0.4) is 0 Å². The molecule has 1 heterocycles. The van der Waals surface area contributed by atoms with Crippen LogP contribution < -0.4 is 10.2 Å². The van der Waals surface area contributed by atoms with E-state index >= 15 is 0 Å². The molecule has 1 unspecified atom stereocenters. The van der Waals surface area contributed by atoms with Gasteiger partial charge in [-0.15, -0.1) is 0 Å². The summed E-state index contributed by atoms with van der Waals surface area (Å²) in [4.78, 5) is 37.9. The molecule has 0 saturated carbocycles. The number of carbonyl (C=O) groups is 3. The van der Waals surface area contributed by atoms with Crippen molar-refractivity contribution in [3.8, 4) is 5.75 Å². The summed E-state index contributed by atoms with van der Waals surface area (Å²) in [5, 5.41) is 12.6. The van der Waals surface area contributed by atoms with Crippen molar-refractivity contribution in [3.05, 3.63) is 52.0 Å². The van der Waals surface area contributed by atoms with Crippen LogP contribution in [0.25, 0.3) is 0 Å². The molecule has 0 spiro atoms. The molecule has 3 rings (SSSR count). The number of esters is 1. The van der Waals surface area contributed by atoms with Crippen LogP contribution in [0.15, 0.2) is 36.4 Å². The molecule has 1 saturated heterocycles. The maximum absolute atomic E-state index is 12.7. The van der Waals surface area contributed by atoms with Crippen LogP contribution in [0.4, 0.5) is 11.4 Å². The van der Waals surface area contributed by atoms with Crippen molar-refractivity contribution in [3.63, 3.8) is 0 Å². The van der Waals surface area contributed by atoms with Crippen molar-refractivity contribution in [2.24, 2.45) is 0 Å². The van der Waals surface area contributed by atoms with Crippen molar-refractivity contribution in [1.82, 2.24) is 0 Å². The summed E-state index contributed by atoms with van der Waals surface area (Å²) >= 11 is 11.8. The van der Waals surface area contributed by atoms with Crippen LogP contribution in [-0.2, 0) is 14.3 Å². The first-order valence-corrected chi connectivity index (χ1v) is 9.16. The molecular formula is C19H16Cl2N2O5. The van der Waals surface area contributed by atoms with E-state index < -0.39 is 17.9 Å². The number of anilines is 2. The van der Waals surface area contributed by atoms with Crippen molar-refractivity contribution in [2.45, 2.75) is 19.4 Å². The number of amides is 2. The van der Waals surface area contributed by atoms with E-state index in [1.54, 1.807) is 6.92 Å². The Morgan fingerprint density at radius 1 is 1.21 bits per heavy atom. The van der Waals surface area contributed by atoms with Gasteiger partial charge in [0.1, 0.15) is 6.04 Å². The number of hydrogen-bond acceptors (Lipinski definition) is 6. The first kappa shape index (κ1) is 20.0. The molecule has 28 heavy (non-hydrogen) atoms. The number of aromatic hydroxyl groups is 1. The average Bonchev–Trinajstić information content (AvgIpc) is 2.93. The zero-order chi connectivity index (χ0) is 20.4. The summed E-state index contributed by atoms with van der Waals surface area (Å²) in [6.07, 6.45) is -0.0609. The summed E-state index contributed by atoms with van der Waals surface area (Å²) in [6, 6.07) is 8.03. The molecule has 1 aliphatic rings. The number of phenols is 1. The van der Waals surface area contributed by atoms with E-state index in [0.717, 1.165) is 4.90 Å². The standard InChI is InChI=1S/C19H16Cl2N2O5/c1-2-28-19(27)10-3-5-12(6-4-10)23-16(24)9-15(18(23)26)22-11-7-13(20)17(25)14(21)8-11/h3-8,15,22,25H,2,9H2,1H3. The molecule has 2 aromatic carbocycles. The number of benzene rings is 2. The molecule has 2 aromatic rings. The van der Waals surface area contributed by atoms with Gasteiger partial charge in [-0.1, -0.05) is 23.2 Å². The van der Waals surface area contributed by atoms with Gasteiger partial charge in [0.25, 0.3) is 5.91 Å². The second-order valence-corrected chi connectivity index (χ2v) is 6.84. The molecule has 0 aromatic heterocycles. The van der Waals surface area contributed by atoms with Crippen molar-refractivity contribution < 1.29 is 24.2 Å². The molecule has 0 bridgehead atoms. The van der Waals surface area contributed by atoms with E-state index in [0.29, 0.717) is 16.9 Å². The Balaban J connectivity index is 1.77. The van der Waals surface area contributed by atoms with Crippen molar-refractivity contribution in [2.75, 3.05) is 16.8 Å². The Kier molecular flexibility index (Phi) is 5.76. The summed E-state index contributed by atoms with van der Waals surface area (Å²) in [5.41, 5.74) is 1.08. The quantitative estimate of drug-likeness (QED) is 0.433. The number of imide groups is 1. The number of nitrogens with zero attached hydrogens (tertiary/aromatic N) is 1. The van der Waals surface area contributed by atoms with Gasteiger partial charge in [-0.2, -0.15) is 0 Å². The highest BCUT2D eigenvalue weighted by Gasteiger charge is 2.39. The van der Waals surface area contributed by atoms with E-state index in [-0.39, 0.29) is 34.7 Å². The predicted molar refractivity (Wildman–Crippen MR) is 105 cm³/mol. The lowest BCUT2D eigenvalue weighted by molar-refractivity contribution is -0.121. The lowest BCUT2D eigenvalue weighted by Gasteiger charge is -2.17. The topological polar surface area (TPSA) is 95.9 Å². The minimum absolute atomic E-state index is 0.0261. The van der Waals surface area contributed by atoms with Crippen LogP contribution in [0, 0.1) is 0 Å². The molecule has 1 atom stereocenters. The summed E-state index contributed by atoms with van der Waals surface area (Å²) in [7, 11) is 0. The number of hydrogen-bond donors (Lipinski definition) is 2. The monoisotopic (exact) mass is 422 g/mol. The fourth-order valence-electron chi connectivity index (χ4n) is 2.83. The molecule has 9 heteroatoms. The van der Waals surface area contributed by atoms with E-state index in [1.807, 2.05) is 0 Å². The number of rotatable bonds is 5. The van der Waals surface area contributed by atoms with Crippen LogP contribution in [0.2, 0.25) is 10.0 Å². The fraction of sp³-hybridized carbons (Fsp3) is 0.211. The Bertz CT molecular complexity index is 923. The van der Waals surface area contributed by atoms with Crippen molar-refractivity contribution in [1.29, 1.82) is 0 Å². The zero-order valence-corrected chi connectivity index (χ0v) is 16.3. The van der Waals surface area contributed by atoms with Crippen LogP contribution in [0.1, 0.15) is 23.7 Å². The lowest BCUT2D eigenvalue weighted by Crippen LogP contribution is -2.34. The van der Waals surface area contributed by atoms with Crippen LogP contribution in [-0.4, -0.2) is 35.5 Å². The predicted octanol–water partition coefficient (Wildman–Crippen LogP) is 3.62. The second-order valence-electron chi connectivity index (χ2n) is 6.02. The third-order valence-electron chi connectivity index (χ3n) is 4.14. The number of carbonyl (C=O) groups excluding carboxylic acids is 3. The van der Waals surface area contributed by atoms with Gasteiger partial charge in [0.15, 0.2) is 5.75 Å². The zero-order valence-electron chi connectivity index (χ0n) is 14.7. The maximum atomic E-state index is 12.7. The van der Waals surface area contributed by atoms with Crippen LogP contribution in [0.5, 0.6) is 5.75 Å². The lowest BCUT2D eigenvalue weighted by atomic mass is 10.2. The second kappa shape index (κ2) is 8.08. The van der Waals surface area contributed by atoms with Crippen molar-refractivity contribution >= 4 is 52.4 Å². The van der Waals surface area contributed by atoms with Gasteiger partial charge in [0, 0.05) is 5.69 Å². The smallest absolute Gasteiger partial charge is 0.338 e. The number of halogens is 2. The Hall–Kier alpha value is -2.77. The van der Waals surface area contributed by atoms with E-state index in [2.05, 4.69) is 5.32 Å². The average molecular weight is 423 g/mol. The highest BCUT2D eigenvalue weighted by Crippen LogP contribution is 2.35. The Labute approximate surface area is 170 Å². The molecule has 7 nitrogen and oxygen atoms in total. The van der Waals surface area contributed by atoms with Gasteiger partial charge < -0.3 is 15.2 Å². The van der Waals surface area contributed by atoms with Gasteiger partial charge in [-0.25, -0.2) is 9.69 Å². The molecule has 0 aliphatic carbocycles. The first-order chi connectivity index (χ1) is 13.3. The van der Waals surface area contributed by atoms with Gasteiger partial charge in [-0.05, 0) is 43.3 Å². The third kappa shape index (κ3) is 3.90. The van der Waals surface area contributed by atoms with E-state index in [4.69, 9.17) is 27.9 Å². The van der Waals surface area contributed by atoms with Gasteiger partial charge in [0.2, 0.25) is 5.91 Å². The number of nitrogens with one attached hydrogen (secondary N) is 1. The van der Waals surface area contributed by atoms with Gasteiger partial charge in [0.05, 0.1) is 34.3 Å². The highest BCUT2D eigenvalue weighted by molar-refractivity contribution is 6.37. The normalized spacial score (nSPS) is 16.4. The SMILES string of the molecule is CCOC(=O)c1ccc(N2C(=O)CC(Nc3cc(Cl)c(O)c(Cl)c3)C2=O)cc1. The van der Waals surface area contributed by atoms with Gasteiger partial charge >= 0.3 is 5.97 Å². The fourth-order valence-corrected chi connectivity index (χ4v) is 3.31. The van der Waals surface area contributed by atoms with Crippen LogP contribution >= 0.6 is 23.2 Å². The number of ether oxygens (including phenoxy) is 1. The largest absolute Gasteiger partial charge is 0.505 e. The molecule has 2 N–H and O–H groups in total. The van der Waals surface area contributed by atoms with Gasteiger partial charge in [-0.3, -0.25) is 9.59 Å². The molecule has 1 fully saturated rings. The molecule has 2 amide bonds. The summed E-state index contributed by atoms with van der Waals surface area (Å²) in [6.45, 7) is 1.96. The number of phenolic OH excluding ortho intramolecular Hbond substituents is 1. The third-order valence-corrected chi connectivity index (χ3v) is 4.72. The Morgan fingerprint density at radius 3 is 2.39 bits per heavy atom. The summed E-state index contributed by atoms with van der Waals surface area (Å²) in [5.74, 6) is -1.57. The first-order valence-electron chi connectivity index (χ1n) is 8.40. The molecule has 0 radical (unpaired) electrons. The van der Waals surface area contributed by atoms with E-state index in [9.17, 15) is 19.5 Å².